The zero-order valence-corrected chi connectivity index (χ0v) is 8.15. The lowest BCUT2D eigenvalue weighted by molar-refractivity contribution is -0.134. The van der Waals surface area contributed by atoms with Gasteiger partial charge in [-0.15, -0.1) is 0 Å². The van der Waals surface area contributed by atoms with Crippen molar-refractivity contribution in [1.29, 1.82) is 0 Å². The van der Waals surface area contributed by atoms with Gasteiger partial charge in [0.2, 0.25) is 0 Å². The predicted molar refractivity (Wildman–Crippen MR) is 53.8 cm³/mol. The highest BCUT2D eigenvalue weighted by atomic mass is 16.5. The summed E-state index contributed by atoms with van der Waals surface area (Å²) in [6.45, 7) is 1.91. The minimum atomic E-state index is -0.566. The van der Waals surface area contributed by atoms with E-state index in [1.54, 1.807) is 12.1 Å². The van der Waals surface area contributed by atoms with Crippen molar-refractivity contribution in [2.24, 2.45) is 0 Å². The topological polar surface area (TPSA) is 46.5 Å². The third-order valence-corrected chi connectivity index (χ3v) is 1.77. The number of esters is 1. The van der Waals surface area contributed by atoms with Gasteiger partial charge in [-0.3, -0.25) is 0 Å². The number of aryl methyl sites for hydroxylation is 1. The number of hydrogen-bond donors (Lipinski definition) is 1. The Morgan fingerprint density at radius 3 is 2.79 bits per heavy atom. The molecule has 0 saturated heterocycles. The molecule has 0 saturated carbocycles. The van der Waals surface area contributed by atoms with E-state index in [0.29, 0.717) is 5.56 Å². The van der Waals surface area contributed by atoms with Gasteiger partial charge in [0.15, 0.2) is 0 Å². The van der Waals surface area contributed by atoms with E-state index >= 15 is 0 Å². The molecule has 14 heavy (non-hydrogen) atoms. The Morgan fingerprint density at radius 2 is 2.21 bits per heavy atom. The van der Waals surface area contributed by atoms with Crippen LogP contribution in [0.15, 0.2) is 30.3 Å². The van der Waals surface area contributed by atoms with E-state index in [0.717, 1.165) is 11.6 Å². The Balaban J connectivity index is 2.94. The zero-order valence-electron chi connectivity index (χ0n) is 8.15. The number of aliphatic hydroxyl groups excluding tert-OH is 1. The molecule has 0 atom stereocenters. The summed E-state index contributed by atoms with van der Waals surface area (Å²) in [4.78, 5) is 10.8. The average molecular weight is 192 g/mol. The van der Waals surface area contributed by atoms with Crippen molar-refractivity contribution < 1.29 is 14.6 Å². The molecule has 0 aliphatic heterocycles. The number of ether oxygens (including phenoxy) is 1. The van der Waals surface area contributed by atoms with Crippen LogP contribution in [0.3, 0.4) is 0 Å². The summed E-state index contributed by atoms with van der Waals surface area (Å²) >= 11 is 0. The number of hydrogen-bond acceptors (Lipinski definition) is 3. The highest BCUT2D eigenvalue weighted by molar-refractivity contribution is 5.89. The van der Waals surface area contributed by atoms with Gasteiger partial charge in [-0.05, 0) is 13.0 Å². The fraction of sp³-hybridized carbons (Fsp3) is 0.182. The first kappa shape index (κ1) is 10.3. The van der Waals surface area contributed by atoms with Gasteiger partial charge < -0.3 is 9.84 Å². The first-order valence-corrected chi connectivity index (χ1v) is 4.19. The number of carbonyl (C=O) groups excluding carboxylic acids is 1. The van der Waals surface area contributed by atoms with Crippen molar-refractivity contribution in [1.82, 2.24) is 0 Å². The maximum Gasteiger partial charge on any atom is 0.334 e. The first-order chi connectivity index (χ1) is 6.63. The van der Waals surface area contributed by atoms with Crippen molar-refractivity contribution in [3.8, 4) is 0 Å². The van der Waals surface area contributed by atoms with Gasteiger partial charge >= 0.3 is 5.97 Å². The van der Waals surface area contributed by atoms with Gasteiger partial charge in [-0.2, -0.15) is 0 Å². The van der Waals surface area contributed by atoms with Crippen LogP contribution < -0.4 is 0 Å². The Bertz CT molecular complexity index is 367. The Labute approximate surface area is 82.6 Å². The molecule has 1 aromatic carbocycles. The summed E-state index contributed by atoms with van der Waals surface area (Å²) < 4.78 is 4.40. The third-order valence-electron chi connectivity index (χ3n) is 1.77. The van der Waals surface area contributed by atoms with Crippen LogP contribution in [-0.2, 0) is 9.53 Å². The second kappa shape index (κ2) is 4.46. The summed E-state index contributed by atoms with van der Waals surface area (Å²) in [6, 6.07) is 7.23. The first-order valence-electron chi connectivity index (χ1n) is 4.19. The maximum atomic E-state index is 10.8. The van der Waals surface area contributed by atoms with Crippen molar-refractivity contribution in [3.63, 3.8) is 0 Å². The summed E-state index contributed by atoms with van der Waals surface area (Å²) in [5.41, 5.74) is 1.63. The van der Waals surface area contributed by atoms with E-state index < -0.39 is 5.97 Å². The molecule has 0 unspecified atom stereocenters. The summed E-state index contributed by atoms with van der Waals surface area (Å²) in [6.07, 6.45) is 1.05. The normalized spacial score (nSPS) is 11.1. The molecule has 1 rings (SSSR count). The molecule has 0 aliphatic carbocycles. The summed E-state index contributed by atoms with van der Waals surface area (Å²) in [5, 5.41) is 9.51. The lowest BCUT2D eigenvalue weighted by Crippen LogP contribution is -1.96. The van der Waals surface area contributed by atoms with Crippen LogP contribution in [0.4, 0.5) is 0 Å². The van der Waals surface area contributed by atoms with Crippen LogP contribution in [0, 0.1) is 6.92 Å². The number of methoxy groups -OCH3 is 1. The van der Waals surface area contributed by atoms with E-state index in [2.05, 4.69) is 4.74 Å². The zero-order chi connectivity index (χ0) is 10.6. The molecule has 0 fully saturated rings. The molecule has 1 N–H and O–H groups in total. The lowest BCUT2D eigenvalue weighted by Gasteiger charge is -2.00. The van der Waals surface area contributed by atoms with Crippen molar-refractivity contribution in [2.45, 2.75) is 6.92 Å². The Kier molecular flexibility index (Phi) is 3.29. The van der Waals surface area contributed by atoms with Gasteiger partial charge in [0.05, 0.1) is 13.2 Å². The van der Waals surface area contributed by atoms with E-state index in [1.165, 1.54) is 7.11 Å². The molecule has 3 nitrogen and oxygen atoms in total. The molecule has 3 heteroatoms. The quantitative estimate of drug-likeness (QED) is 0.443. The lowest BCUT2D eigenvalue weighted by atomic mass is 10.1. The SMILES string of the molecule is COC(=O)C=C(O)c1cccc(C)c1. The molecule has 0 bridgehead atoms. The fourth-order valence-electron chi connectivity index (χ4n) is 1.06. The smallest absolute Gasteiger partial charge is 0.334 e. The van der Waals surface area contributed by atoms with Crippen LogP contribution in [0.2, 0.25) is 0 Å². The minimum Gasteiger partial charge on any atom is -0.507 e. The molecule has 74 valence electrons. The van der Waals surface area contributed by atoms with Crippen LogP contribution in [0.25, 0.3) is 5.76 Å². The van der Waals surface area contributed by atoms with Crippen LogP contribution >= 0.6 is 0 Å². The molecular weight excluding hydrogens is 180 g/mol. The minimum absolute atomic E-state index is 0.0828. The van der Waals surface area contributed by atoms with Crippen LogP contribution in [0.5, 0.6) is 0 Å². The molecule has 1 aromatic rings. The molecule has 0 heterocycles. The van der Waals surface area contributed by atoms with E-state index in [4.69, 9.17) is 0 Å². The molecule has 0 radical (unpaired) electrons. The Morgan fingerprint density at radius 1 is 1.50 bits per heavy atom. The van der Waals surface area contributed by atoms with Gasteiger partial charge in [0.25, 0.3) is 0 Å². The fourth-order valence-corrected chi connectivity index (χ4v) is 1.06. The van der Waals surface area contributed by atoms with Crippen molar-refractivity contribution >= 4 is 11.7 Å². The second-order valence-electron chi connectivity index (χ2n) is 2.92. The van der Waals surface area contributed by atoms with Gasteiger partial charge in [-0.1, -0.05) is 23.8 Å². The second-order valence-corrected chi connectivity index (χ2v) is 2.92. The number of rotatable bonds is 2. The Hall–Kier alpha value is -1.77. The van der Waals surface area contributed by atoms with E-state index in [9.17, 15) is 9.90 Å². The van der Waals surface area contributed by atoms with Crippen molar-refractivity contribution in [2.75, 3.05) is 7.11 Å². The third kappa shape index (κ3) is 2.62. The molecule has 0 aliphatic rings. The van der Waals surface area contributed by atoms with Crippen LogP contribution in [-0.4, -0.2) is 18.2 Å². The number of aliphatic hydroxyl groups is 1. The molecule has 0 amide bonds. The van der Waals surface area contributed by atoms with E-state index in [1.807, 2.05) is 19.1 Å². The molecule has 0 aromatic heterocycles. The summed E-state index contributed by atoms with van der Waals surface area (Å²) in [5.74, 6) is -0.649. The predicted octanol–water partition coefficient (Wildman–Crippen LogP) is 2.07. The van der Waals surface area contributed by atoms with Gasteiger partial charge in [-0.25, -0.2) is 4.79 Å². The highest BCUT2D eigenvalue weighted by Gasteiger charge is 2.02. The standard InChI is InChI=1S/C11H12O3/c1-8-4-3-5-9(6-8)10(12)7-11(13)14-2/h3-7,12H,1-2H3. The largest absolute Gasteiger partial charge is 0.507 e. The molecular formula is C11H12O3. The van der Waals surface area contributed by atoms with Gasteiger partial charge in [0, 0.05) is 5.56 Å². The van der Waals surface area contributed by atoms with Gasteiger partial charge in [0.1, 0.15) is 5.76 Å². The maximum absolute atomic E-state index is 10.8. The van der Waals surface area contributed by atoms with Crippen LogP contribution in [0.1, 0.15) is 11.1 Å². The summed E-state index contributed by atoms with van der Waals surface area (Å²) in [7, 11) is 1.27. The number of carbonyl (C=O) groups is 1. The number of benzene rings is 1. The van der Waals surface area contributed by atoms with E-state index in [-0.39, 0.29) is 5.76 Å². The van der Waals surface area contributed by atoms with Crippen molar-refractivity contribution in [3.05, 3.63) is 41.5 Å². The monoisotopic (exact) mass is 192 g/mol. The molecule has 0 spiro atoms. The highest BCUT2D eigenvalue weighted by Crippen LogP contribution is 2.12. The average Bonchev–Trinajstić information content (AvgIpc) is 2.17.